The standard InChI is InChI=1S/C20H21NOSSi/c1-24(2,3)13-21-17-10-6-7-11-18(17)23-20(21)16-12-14-8-4-5-9-15(14)19(16)22/h4-11H,12-13H2,1-3H3. The van der Waals surface area contributed by atoms with Crippen molar-refractivity contribution in [2.75, 3.05) is 11.1 Å². The van der Waals surface area contributed by atoms with Crippen molar-refractivity contribution < 1.29 is 4.79 Å². The highest BCUT2D eigenvalue weighted by Gasteiger charge is 2.35. The van der Waals surface area contributed by atoms with E-state index in [4.69, 9.17) is 0 Å². The molecule has 2 aromatic rings. The summed E-state index contributed by atoms with van der Waals surface area (Å²) in [7, 11) is -1.32. The van der Waals surface area contributed by atoms with Gasteiger partial charge in [0.25, 0.3) is 0 Å². The molecule has 0 aromatic heterocycles. The lowest BCUT2D eigenvalue weighted by Crippen LogP contribution is -2.38. The molecule has 2 aliphatic rings. The number of rotatable bonds is 2. The summed E-state index contributed by atoms with van der Waals surface area (Å²) in [4.78, 5) is 16.6. The Morgan fingerprint density at radius 1 is 1.04 bits per heavy atom. The van der Waals surface area contributed by atoms with Gasteiger partial charge in [-0.05, 0) is 17.7 Å². The van der Waals surface area contributed by atoms with Gasteiger partial charge in [-0.2, -0.15) is 0 Å². The Morgan fingerprint density at radius 2 is 1.75 bits per heavy atom. The smallest absolute Gasteiger partial charge is 0.192 e. The Hall–Kier alpha value is -1.78. The molecule has 4 heteroatoms. The lowest BCUT2D eigenvalue weighted by Gasteiger charge is -2.28. The molecule has 0 saturated heterocycles. The van der Waals surface area contributed by atoms with Crippen molar-refractivity contribution in [1.29, 1.82) is 0 Å². The maximum absolute atomic E-state index is 13.0. The van der Waals surface area contributed by atoms with E-state index in [9.17, 15) is 4.79 Å². The van der Waals surface area contributed by atoms with E-state index >= 15 is 0 Å². The number of hydrogen-bond donors (Lipinski definition) is 0. The number of benzene rings is 2. The van der Waals surface area contributed by atoms with Gasteiger partial charge in [0.15, 0.2) is 5.78 Å². The van der Waals surface area contributed by atoms with E-state index in [1.54, 1.807) is 11.8 Å². The molecule has 2 aromatic carbocycles. The molecule has 1 heterocycles. The highest BCUT2D eigenvalue weighted by atomic mass is 32.2. The third kappa shape index (κ3) is 2.64. The van der Waals surface area contributed by atoms with Gasteiger partial charge < -0.3 is 4.90 Å². The molecule has 0 bridgehead atoms. The molecule has 0 spiro atoms. The number of ketones is 1. The summed E-state index contributed by atoms with van der Waals surface area (Å²) in [5.41, 5.74) is 4.27. The van der Waals surface area contributed by atoms with Gasteiger partial charge in [0.2, 0.25) is 0 Å². The molecule has 0 atom stereocenters. The number of thioether (sulfide) groups is 1. The van der Waals surface area contributed by atoms with E-state index in [1.807, 2.05) is 18.2 Å². The summed E-state index contributed by atoms with van der Waals surface area (Å²) in [5, 5.41) is 1.15. The number of fused-ring (bicyclic) bond motifs is 2. The van der Waals surface area contributed by atoms with Crippen LogP contribution in [-0.4, -0.2) is 20.0 Å². The molecule has 24 heavy (non-hydrogen) atoms. The lowest BCUT2D eigenvalue weighted by molar-refractivity contribution is 0.103. The predicted molar refractivity (Wildman–Crippen MR) is 104 cm³/mol. The van der Waals surface area contributed by atoms with Gasteiger partial charge in [0.1, 0.15) is 0 Å². The van der Waals surface area contributed by atoms with Crippen LogP contribution in [0.5, 0.6) is 0 Å². The quantitative estimate of drug-likeness (QED) is 0.553. The SMILES string of the molecule is C[Si](C)(C)CN1C(=C2Cc3ccccc3C2=O)Sc2ccccc21. The summed E-state index contributed by atoms with van der Waals surface area (Å²) in [6, 6.07) is 16.5. The number of allylic oxidation sites excluding steroid dienone is 1. The molecule has 4 rings (SSSR count). The highest BCUT2D eigenvalue weighted by molar-refractivity contribution is 8.03. The second-order valence-corrected chi connectivity index (χ2v) is 14.1. The Balaban J connectivity index is 1.82. The molecule has 0 unspecified atom stereocenters. The van der Waals surface area contributed by atoms with Gasteiger partial charge in [-0.3, -0.25) is 4.79 Å². The molecule has 0 fully saturated rings. The van der Waals surface area contributed by atoms with Crippen LogP contribution in [0.2, 0.25) is 19.6 Å². The van der Waals surface area contributed by atoms with Crippen molar-refractivity contribution in [1.82, 2.24) is 0 Å². The highest BCUT2D eigenvalue weighted by Crippen LogP contribution is 2.49. The third-order valence-corrected chi connectivity index (χ3v) is 6.89. The summed E-state index contributed by atoms with van der Waals surface area (Å²) < 4.78 is 0. The largest absolute Gasteiger partial charge is 0.338 e. The van der Waals surface area contributed by atoms with Gasteiger partial charge in [-0.1, -0.05) is 67.8 Å². The van der Waals surface area contributed by atoms with Crippen molar-refractivity contribution in [3.8, 4) is 0 Å². The van der Waals surface area contributed by atoms with Gasteiger partial charge >= 0.3 is 0 Å². The Kier molecular flexibility index (Phi) is 3.70. The third-order valence-electron chi connectivity index (χ3n) is 4.40. The van der Waals surface area contributed by atoms with Crippen LogP contribution in [0.4, 0.5) is 5.69 Å². The maximum atomic E-state index is 13.0. The zero-order valence-corrected chi connectivity index (χ0v) is 16.1. The van der Waals surface area contributed by atoms with Crippen molar-refractivity contribution >= 4 is 31.3 Å². The number of anilines is 1. The zero-order chi connectivity index (χ0) is 16.9. The molecular formula is C20H21NOSSi. The summed E-state index contributed by atoms with van der Waals surface area (Å²) in [6.07, 6.45) is 1.80. The van der Waals surface area contributed by atoms with E-state index in [0.717, 1.165) is 34.3 Å². The Bertz CT molecular complexity index is 866. The van der Waals surface area contributed by atoms with E-state index in [2.05, 4.69) is 54.9 Å². The van der Waals surface area contributed by atoms with Crippen LogP contribution in [0.3, 0.4) is 0 Å². The number of nitrogens with zero attached hydrogens (tertiary/aromatic N) is 1. The van der Waals surface area contributed by atoms with Crippen LogP contribution >= 0.6 is 11.8 Å². The Labute approximate surface area is 148 Å². The molecule has 0 radical (unpaired) electrons. The molecule has 0 N–H and O–H groups in total. The fraction of sp³-hybridized carbons (Fsp3) is 0.250. The van der Waals surface area contributed by atoms with Crippen LogP contribution in [0, 0.1) is 0 Å². The van der Waals surface area contributed by atoms with Crippen LogP contribution in [0.25, 0.3) is 0 Å². The minimum atomic E-state index is -1.32. The number of para-hydroxylation sites is 1. The first-order chi connectivity index (χ1) is 11.4. The second kappa shape index (κ2) is 5.64. The first-order valence-electron chi connectivity index (χ1n) is 8.34. The summed E-state index contributed by atoms with van der Waals surface area (Å²) >= 11 is 1.76. The summed E-state index contributed by atoms with van der Waals surface area (Å²) in [6.45, 7) is 7.14. The molecule has 0 saturated carbocycles. The van der Waals surface area contributed by atoms with Gasteiger partial charge in [0.05, 0.1) is 18.8 Å². The van der Waals surface area contributed by atoms with Crippen molar-refractivity contribution in [3.63, 3.8) is 0 Å². The minimum absolute atomic E-state index is 0.210. The van der Waals surface area contributed by atoms with E-state index in [1.165, 1.54) is 10.6 Å². The fourth-order valence-electron chi connectivity index (χ4n) is 3.39. The maximum Gasteiger partial charge on any atom is 0.192 e. The molecule has 1 aliphatic heterocycles. The first kappa shape index (κ1) is 15.7. The van der Waals surface area contributed by atoms with Crippen molar-refractivity contribution in [2.24, 2.45) is 0 Å². The van der Waals surface area contributed by atoms with E-state index in [-0.39, 0.29) is 5.78 Å². The van der Waals surface area contributed by atoms with Gasteiger partial charge in [-0.15, -0.1) is 0 Å². The van der Waals surface area contributed by atoms with E-state index in [0.29, 0.717) is 0 Å². The van der Waals surface area contributed by atoms with Gasteiger partial charge in [-0.25, -0.2) is 0 Å². The van der Waals surface area contributed by atoms with Crippen LogP contribution in [0.1, 0.15) is 15.9 Å². The average molecular weight is 352 g/mol. The number of carbonyl (C=O) groups is 1. The topological polar surface area (TPSA) is 20.3 Å². The minimum Gasteiger partial charge on any atom is -0.338 e. The van der Waals surface area contributed by atoms with Gasteiger partial charge in [0, 0.05) is 28.6 Å². The molecule has 0 amide bonds. The van der Waals surface area contributed by atoms with Crippen molar-refractivity contribution in [3.05, 3.63) is 70.3 Å². The molecule has 122 valence electrons. The fourth-order valence-corrected chi connectivity index (χ4v) is 5.98. The molecular weight excluding hydrogens is 330 g/mol. The van der Waals surface area contributed by atoms with Crippen molar-refractivity contribution in [2.45, 2.75) is 31.0 Å². The number of hydrogen-bond acceptors (Lipinski definition) is 3. The average Bonchev–Trinajstić information content (AvgIpc) is 3.05. The van der Waals surface area contributed by atoms with Crippen LogP contribution in [0.15, 0.2) is 64.0 Å². The summed E-state index contributed by atoms with van der Waals surface area (Å²) in [5.74, 6) is 0.210. The first-order valence-corrected chi connectivity index (χ1v) is 12.9. The second-order valence-electron chi connectivity index (χ2n) is 7.66. The predicted octanol–water partition coefficient (Wildman–Crippen LogP) is 5.13. The zero-order valence-electron chi connectivity index (χ0n) is 14.3. The molecule has 2 nitrogen and oxygen atoms in total. The molecule has 1 aliphatic carbocycles. The van der Waals surface area contributed by atoms with E-state index < -0.39 is 8.07 Å². The normalized spacial score (nSPS) is 19.6. The lowest BCUT2D eigenvalue weighted by atomic mass is 10.1. The Morgan fingerprint density at radius 3 is 2.50 bits per heavy atom. The van der Waals surface area contributed by atoms with Crippen LogP contribution < -0.4 is 4.90 Å². The monoisotopic (exact) mass is 351 g/mol. The number of carbonyl (C=O) groups excluding carboxylic acids is 1. The van der Waals surface area contributed by atoms with Crippen LogP contribution in [-0.2, 0) is 6.42 Å². The number of Topliss-reactive ketones (excluding diaryl/α,β-unsaturated/α-hetero) is 1.